The molecule has 82 valence electrons. The summed E-state index contributed by atoms with van der Waals surface area (Å²) >= 11 is 0. The number of piperidine rings is 1. The summed E-state index contributed by atoms with van der Waals surface area (Å²) in [4.78, 5) is 12.0. The average Bonchev–Trinajstić information content (AvgIpc) is 2.15. The molecule has 1 heterocycles. The van der Waals surface area contributed by atoms with Gasteiger partial charge in [-0.1, -0.05) is 0 Å². The highest BCUT2D eigenvalue weighted by molar-refractivity contribution is 5.64. The zero-order chi connectivity index (χ0) is 10.6. The molecule has 0 bridgehead atoms. The minimum atomic E-state index is -1.23. The van der Waals surface area contributed by atoms with Gasteiger partial charge in [0.25, 0.3) is 0 Å². The minimum Gasteiger partial charge on any atom is -0.465 e. The van der Waals surface area contributed by atoms with Gasteiger partial charge in [0.05, 0.1) is 0 Å². The first-order valence-electron chi connectivity index (χ1n) is 4.93. The normalized spacial score (nSPS) is 18.9. The zero-order valence-electron chi connectivity index (χ0n) is 8.09. The van der Waals surface area contributed by atoms with Crippen LogP contribution in [0.25, 0.3) is 0 Å². The predicted molar refractivity (Wildman–Crippen MR) is 49.8 cm³/mol. The van der Waals surface area contributed by atoms with Crippen LogP contribution in [0.1, 0.15) is 25.7 Å². The summed E-state index contributed by atoms with van der Waals surface area (Å²) in [6.45, 7) is 1.14. The van der Waals surface area contributed by atoms with Gasteiger partial charge in [-0.25, -0.2) is 4.79 Å². The van der Waals surface area contributed by atoms with E-state index in [1.54, 1.807) is 0 Å². The molecule has 5 heteroatoms. The summed E-state index contributed by atoms with van der Waals surface area (Å²) in [5, 5.41) is 26.0. The molecule has 1 saturated heterocycles. The van der Waals surface area contributed by atoms with E-state index in [0.29, 0.717) is 25.4 Å². The maximum absolute atomic E-state index is 10.6. The second-order valence-electron chi connectivity index (χ2n) is 3.77. The summed E-state index contributed by atoms with van der Waals surface area (Å²) in [6.07, 6.45) is 0.735. The van der Waals surface area contributed by atoms with Crippen molar-refractivity contribution in [2.45, 2.75) is 32.0 Å². The van der Waals surface area contributed by atoms with Crippen LogP contribution in [0.3, 0.4) is 0 Å². The van der Waals surface area contributed by atoms with E-state index in [1.165, 1.54) is 4.90 Å². The molecular weight excluding hydrogens is 186 g/mol. The molecule has 0 atom stereocenters. The molecule has 14 heavy (non-hydrogen) atoms. The molecular formula is C9H17NO4. The van der Waals surface area contributed by atoms with Gasteiger partial charge in [0.15, 0.2) is 6.29 Å². The number of carboxylic acid groups (broad SMARTS) is 1. The summed E-state index contributed by atoms with van der Waals surface area (Å²) < 4.78 is 0. The SMILES string of the molecule is O=C(O)N1CCC(CCC(O)O)CC1. The van der Waals surface area contributed by atoms with Crippen LogP contribution in [0.2, 0.25) is 0 Å². The smallest absolute Gasteiger partial charge is 0.407 e. The van der Waals surface area contributed by atoms with Crippen molar-refractivity contribution in [3.63, 3.8) is 0 Å². The Morgan fingerprint density at radius 3 is 2.36 bits per heavy atom. The Morgan fingerprint density at radius 1 is 1.36 bits per heavy atom. The van der Waals surface area contributed by atoms with Gasteiger partial charge in [-0.05, 0) is 31.6 Å². The van der Waals surface area contributed by atoms with Gasteiger partial charge in [0.1, 0.15) is 0 Å². The van der Waals surface area contributed by atoms with Crippen molar-refractivity contribution in [3.8, 4) is 0 Å². The summed E-state index contributed by atoms with van der Waals surface area (Å²) in [5.41, 5.74) is 0. The molecule has 5 nitrogen and oxygen atoms in total. The number of nitrogens with zero attached hydrogens (tertiary/aromatic N) is 1. The lowest BCUT2D eigenvalue weighted by Crippen LogP contribution is -2.37. The van der Waals surface area contributed by atoms with E-state index >= 15 is 0 Å². The minimum absolute atomic E-state index is 0.387. The number of aliphatic hydroxyl groups is 2. The topological polar surface area (TPSA) is 81.0 Å². The molecule has 1 aliphatic rings. The Balaban J connectivity index is 2.19. The van der Waals surface area contributed by atoms with Crippen LogP contribution >= 0.6 is 0 Å². The highest BCUT2D eigenvalue weighted by Crippen LogP contribution is 2.22. The van der Waals surface area contributed by atoms with Crippen LogP contribution in [0.5, 0.6) is 0 Å². The molecule has 0 saturated carbocycles. The van der Waals surface area contributed by atoms with Crippen LogP contribution in [-0.4, -0.2) is 45.7 Å². The first kappa shape index (κ1) is 11.3. The van der Waals surface area contributed by atoms with Crippen LogP contribution in [0.15, 0.2) is 0 Å². The summed E-state index contributed by atoms with van der Waals surface area (Å²) in [7, 11) is 0. The fourth-order valence-electron chi connectivity index (χ4n) is 1.80. The lowest BCUT2D eigenvalue weighted by Gasteiger charge is -2.30. The fourth-order valence-corrected chi connectivity index (χ4v) is 1.80. The third kappa shape index (κ3) is 3.51. The van der Waals surface area contributed by atoms with Crippen molar-refractivity contribution in [3.05, 3.63) is 0 Å². The van der Waals surface area contributed by atoms with Crippen LogP contribution < -0.4 is 0 Å². The van der Waals surface area contributed by atoms with Crippen molar-refractivity contribution in [1.29, 1.82) is 0 Å². The highest BCUT2D eigenvalue weighted by Gasteiger charge is 2.22. The number of carbonyl (C=O) groups is 1. The standard InChI is InChI=1S/C9H17NO4/c11-8(12)2-1-7-3-5-10(6-4-7)9(13)14/h7-8,11-12H,1-6H2,(H,13,14). The van der Waals surface area contributed by atoms with E-state index in [-0.39, 0.29) is 0 Å². The fraction of sp³-hybridized carbons (Fsp3) is 0.889. The van der Waals surface area contributed by atoms with Crippen LogP contribution in [0, 0.1) is 5.92 Å². The second-order valence-corrected chi connectivity index (χ2v) is 3.77. The molecule has 1 aliphatic heterocycles. The molecule has 0 aromatic carbocycles. The summed E-state index contributed by atoms with van der Waals surface area (Å²) in [5.74, 6) is 0.437. The summed E-state index contributed by atoms with van der Waals surface area (Å²) in [6, 6.07) is 0. The predicted octanol–water partition coefficient (Wildman–Crippen LogP) is 0.467. The molecule has 1 fully saturated rings. The van der Waals surface area contributed by atoms with Gasteiger partial charge in [-0.3, -0.25) is 0 Å². The molecule has 0 aliphatic carbocycles. The first-order chi connectivity index (χ1) is 6.59. The molecule has 1 rings (SSSR count). The van der Waals surface area contributed by atoms with E-state index in [9.17, 15) is 4.79 Å². The van der Waals surface area contributed by atoms with Gasteiger partial charge in [0, 0.05) is 13.1 Å². The highest BCUT2D eigenvalue weighted by atomic mass is 16.5. The Bertz CT molecular complexity index is 187. The van der Waals surface area contributed by atoms with Crippen molar-refractivity contribution in [2.24, 2.45) is 5.92 Å². The molecule has 0 unspecified atom stereocenters. The van der Waals surface area contributed by atoms with E-state index in [2.05, 4.69) is 0 Å². The molecule has 3 N–H and O–H groups in total. The van der Waals surface area contributed by atoms with Crippen LogP contribution in [0.4, 0.5) is 4.79 Å². The van der Waals surface area contributed by atoms with Crippen LogP contribution in [-0.2, 0) is 0 Å². The number of rotatable bonds is 3. The molecule has 0 spiro atoms. The number of amides is 1. The Morgan fingerprint density at radius 2 is 1.93 bits per heavy atom. The second kappa shape index (κ2) is 5.17. The van der Waals surface area contributed by atoms with Crippen molar-refractivity contribution in [1.82, 2.24) is 4.90 Å². The van der Waals surface area contributed by atoms with E-state index in [1.807, 2.05) is 0 Å². The maximum atomic E-state index is 10.6. The largest absolute Gasteiger partial charge is 0.465 e. The third-order valence-electron chi connectivity index (χ3n) is 2.72. The third-order valence-corrected chi connectivity index (χ3v) is 2.72. The number of hydrogen-bond acceptors (Lipinski definition) is 3. The van der Waals surface area contributed by atoms with Crippen molar-refractivity contribution in [2.75, 3.05) is 13.1 Å². The van der Waals surface area contributed by atoms with E-state index in [4.69, 9.17) is 15.3 Å². The number of likely N-dealkylation sites (tertiary alicyclic amines) is 1. The van der Waals surface area contributed by atoms with Gasteiger partial charge in [-0.15, -0.1) is 0 Å². The Hall–Kier alpha value is -0.810. The van der Waals surface area contributed by atoms with E-state index < -0.39 is 12.4 Å². The van der Waals surface area contributed by atoms with Gasteiger partial charge in [0.2, 0.25) is 0 Å². The Kier molecular flexibility index (Phi) is 4.16. The van der Waals surface area contributed by atoms with Gasteiger partial charge in [-0.2, -0.15) is 0 Å². The van der Waals surface area contributed by atoms with Crippen molar-refractivity contribution >= 4 is 6.09 Å². The Labute approximate surface area is 83.0 Å². The van der Waals surface area contributed by atoms with Crippen molar-refractivity contribution < 1.29 is 20.1 Å². The zero-order valence-corrected chi connectivity index (χ0v) is 8.09. The van der Waals surface area contributed by atoms with E-state index in [0.717, 1.165) is 19.3 Å². The molecule has 0 aromatic rings. The first-order valence-corrected chi connectivity index (χ1v) is 4.93. The number of aliphatic hydroxyl groups excluding tert-OH is 1. The van der Waals surface area contributed by atoms with Gasteiger partial charge >= 0.3 is 6.09 Å². The lowest BCUT2D eigenvalue weighted by molar-refractivity contribution is -0.0501. The quantitative estimate of drug-likeness (QED) is 0.582. The maximum Gasteiger partial charge on any atom is 0.407 e. The molecule has 0 aromatic heterocycles. The van der Waals surface area contributed by atoms with Gasteiger partial charge < -0.3 is 20.2 Å². The number of hydrogen-bond donors (Lipinski definition) is 3. The lowest BCUT2D eigenvalue weighted by atomic mass is 9.92. The molecule has 0 radical (unpaired) electrons. The molecule has 1 amide bonds. The average molecular weight is 203 g/mol. The monoisotopic (exact) mass is 203 g/mol.